The van der Waals surface area contributed by atoms with Crippen LogP contribution >= 0.6 is 0 Å². The highest BCUT2D eigenvalue weighted by atomic mass is 32.2. The van der Waals surface area contributed by atoms with Crippen LogP contribution in [0.2, 0.25) is 0 Å². The summed E-state index contributed by atoms with van der Waals surface area (Å²) in [5.74, 6) is -2.30. The van der Waals surface area contributed by atoms with Crippen LogP contribution < -0.4 is 4.31 Å². The van der Waals surface area contributed by atoms with E-state index in [2.05, 4.69) is 9.97 Å². The van der Waals surface area contributed by atoms with E-state index in [0.717, 1.165) is 16.6 Å². The third-order valence-electron chi connectivity index (χ3n) is 4.88. The predicted molar refractivity (Wildman–Crippen MR) is 122 cm³/mol. The van der Waals surface area contributed by atoms with Gasteiger partial charge in [-0.1, -0.05) is 13.8 Å². The molecule has 2 aromatic rings. The van der Waals surface area contributed by atoms with E-state index in [4.69, 9.17) is 5.11 Å². The van der Waals surface area contributed by atoms with Crippen LogP contribution in [0.4, 0.5) is 10.3 Å². The number of aromatic nitrogens is 2. The molecule has 9 nitrogen and oxygen atoms in total. The van der Waals surface area contributed by atoms with Crippen molar-refractivity contribution in [2.24, 2.45) is 0 Å². The first-order valence-corrected chi connectivity index (χ1v) is 12.0. The van der Waals surface area contributed by atoms with E-state index in [0.29, 0.717) is 22.5 Å². The number of benzene rings is 1. The average Bonchev–Trinajstić information content (AvgIpc) is 2.70. The molecule has 0 spiro atoms. The number of carbonyl (C=O) groups is 1. The number of hydrogen-bond donors (Lipinski definition) is 3. The fraction of sp³-hybridized carbons (Fsp3) is 0.409. The quantitative estimate of drug-likeness (QED) is 0.440. The predicted octanol–water partition coefficient (Wildman–Crippen LogP) is 3.01. The summed E-state index contributed by atoms with van der Waals surface area (Å²) in [5.41, 5.74) is 2.12. The number of aliphatic hydroxyl groups is 2. The average molecular weight is 482 g/mol. The second-order valence-corrected chi connectivity index (χ2v) is 9.98. The number of anilines is 1. The van der Waals surface area contributed by atoms with Crippen LogP contribution in [0.3, 0.4) is 0 Å². The van der Waals surface area contributed by atoms with Gasteiger partial charge in [0.2, 0.25) is 16.0 Å². The highest BCUT2D eigenvalue weighted by Gasteiger charge is 2.23. The molecule has 33 heavy (non-hydrogen) atoms. The monoisotopic (exact) mass is 481 g/mol. The van der Waals surface area contributed by atoms with Gasteiger partial charge in [0.05, 0.1) is 23.7 Å². The van der Waals surface area contributed by atoms with Gasteiger partial charge in [-0.05, 0) is 49.1 Å². The molecule has 0 aliphatic rings. The Morgan fingerprint density at radius 1 is 1.18 bits per heavy atom. The van der Waals surface area contributed by atoms with Gasteiger partial charge < -0.3 is 15.3 Å². The molecule has 3 N–H and O–H groups in total. The lowest BCUT2D eigenvalue weighted by Crippen LogP contribution is -2.28. The molecule has 0 saturated heterocycles. The SMILES string of the molecule is CC(C)c1nc(N(C)S(C)(=O)=O)nc(-c2ccc(F)cc2)c1CC[C@H](O)/C=C(/O)CC(=O)O. The number of nitrogens with zero attached hydrogens (tertiary/aromatic N) is 3. The van der Waals surface area contributed by atoms with Gasteiger partial charge in [0.15, 0.2) is 0 Å². The molecule has 1 aromatic carbocycles. The summed E-state index contributed by atoms with van der Waals surface area (Å²) < 4.78 is 38.6. The van der Waals surface area contributed by atoms with Crippen LogP contribution in [0.1, 0.15) is 43.9 Å². The number of aliphatic carboxylic acids is 1. The van der Waals surface area contributed by atoms with E-state index in [9.17, 15) is 27.8 Å². The maximum Gasteiger partial charge on any atom is 0.311 e. The maximum atomic E-state index is 13.5. The summed E-state index contributed by atoms with van der Waals surface area (Å²) in [6, 6.07) is 5.56. The Morgan fingerprint density at radius 3 is 2.30 bits per heavy atom. The van der Waals surface area contributed by atoms with Gasteiger partial charge in [-0.15, -0.1) is 0 Å². The van der Waals surface area contributed by atoms with E-state index < -0.39 is 40.1 Å². The van der Waals surface area contributed by atoms with Gasteiger partial charge in [0.1, 0.15) is 18.0 Å². The number of halogens is 1. The standard InChI is InChI=1S/C22H28FN3O6S/c1-13(2)20-18(10-9-16(27)11-17(28)12-19(29)30)21(14-5-7-15(23)8-6-14)25-22(24-20)26(3)33(4,31)32/h5-8,11,13,16,27-28H,9-10,12H2,1-4H3,(H,29,30)/b17-11+/t16-/m0/s1. The molecule has 2 rings (SSSR count). The molecule has 0 bridgehead atoms. The Morgan fingerprint density at radius 2 is 1.79 bits per heavy atom. The van der Waals surface area contributed by atoms with Crippen molar-refractivity contribution in [2.75, 3.05) is 17.6 Å². The first-order chi connectivity index (χ1) is 15.3. The molecule has 0 unspecified atom stereocenters. The largest absolute Gasteiger partial charge is 0.512 e. The smallest absolute Gasteiger partial charge is 0.311 e. The minimum atomic E-state index is -3.64. The van der Waals surface area contributed by atoms with Gasteiger partial charge in [-0.3, -0.25) is 4.79 Å². The first kappa shape index (κ1) is 26.2. The molecule has 0 fully saturated rings. The van der Waals surface area contributed by atoms with E-state index >= 15 is 0 Å². The van der Waals surface area contributed by atoms with E-state index in [1.54, 1.807) is 0 Å². The van der Waals surface area contributed by atoms with Crippen molar-refractivity contribution in [1.82, 2.24) is 9.97 Å². The van der Waals surface area contributed by atoms with Crippen LogP contribution in [0.15, 0.2) is 36.1 Å². The number of rotatable bonds is 10. The van der Waals surface area contributed by atoms with Crippen LogP contribution in [-0.4, -0.2) is 59.1 Å². The number of aliphatic hydroxyl groups excluding tert-OH is 2. The third kappa shape index (κ3) is 7.22. The summed E-state index contributed by atoms with van der Waals surface area (Å²) >= 11 is 0. The van der Waals surface area contributed by atoms with Crippen LogP contribution in [-0.2, 0) is 21.2 Å². The van der Waals surface area contributed by atoms with Crippen molar-refractivity contribution in [1.29, 1.82) is 0 Å². The lowest BCUT2D eigenvalue weighted by Gasteiger charge is -2.22. The molecule has 1 atom stereocenters. The van der Waals surface area contributed by atoms with E-state index in [1.807, 2.05) is 13.8 Å². The maximum absolute atomic E-state index is 13.5. The zero-order valence-electron chi connectivity index (χ0n) is 18.9. The molecule has 1 heterocycles. The number of sulfonamides is 1. The second-order valence-electron chi connectivity index (χ2n) is 7.96. The summed E-state index contributed by atoms with van der Waals surface area (Å²) in [6.45, 7) is 3.75. The number of carboxylic acids is 1. The summed E-state index contributed by atoms with van der Waals surface area (Å²) in [4.78, 5) is 19.6. The van der Waals surface area contributed by atoms with Crippen LogP contribution in [0.5, 0.6) is 0 Å². The minimum absolute atomic E-state index is 0.0381. The van der Waals surface area contributed by atoms with Crippen molar-refractivity contribution in [3.63, 3.8) is 0 Å². The van der Waals surface area contributed by atoms with Crippen molar-refractivity contribution >= 4 is 21.9 Å². The van der Waals surface area contributed by atoms with E-state index in [-0.39, 0.29) is 24.7 Å². The van der Waals surface area contributed by atoms with Gasteiger partial charge in [0, 0.05) is 18.2 Å². The Hall–Kier alpha value is -3.05. The Balaban J connectivity index is 2.57. The lowest BCUT2D eigenvalue weighted by molar-refractivity contribution is -0.136. The summed E-state index contributed by atoms with van der Waals surface area (Å²) in [5, 5.41) is 28.7. The fourth-order valence-corrected chi connectivity index (χ4v) is 3.54. The van der Waals surface area contributed by atoms with E-state index in [1.165, 1.54) is 31.3 Å². The lowest BCUT2D eigenvalue weighted by atomic mass is 9.94. The van der Waals surface area contributed by atoms with Crippen LogP contribution in [0, 0.1) is 5.82 Å². The van der Waals surface area contributed by atoms with Gasteiger partial charge in [0.25, 0.3) is 0 Å². The third-order valence-corrected chi connectivity index (χ3v) is 6.04. The highest BCUT2D eigenvalue weighted by Crippen LogP contribution is 2.31. The normalized spacial score (nSPS) is 13.2. The number of carboxylic acid groups (broad SMARTS) is 1. The van der Waals surface area contributed by atoms with Gasteiger partial charge in [-0.25, -0.2) is 27.1 Å². The molecule has 0 saturated carbocycles. The van der Waals surface area contributed by atoms with Gasteiger partial charge >= 0.3 is 5.97 Å². The molecule has 0 aliphatic heterocycles. The molecule has 0 amide bonds. The first-order valence-electron chi connectivity index (χ1n) is 10.2. The molecule has 1 aromatic heterocycles. The van der Waals surface area contributed by atoms with Gasteiger partial charge in [-0.2, -0.15) is 0 Å². The molecule has 0 aliphatic carbocycles. The number of hydrogen-bond acceptors (Lipinski definition) is 7. The fourth-order valence-electron chi connectivity index (χ4n) is 3.16. The molecule has 0 radical (unpaired) electrons. The molecule has 11 heteroatoms. The molecular formula is C22H28FN3O6S. The summed E-state index contributed by atoms with van der Waals surface area (Å²) in [7, 11) is -2.31. The van der Waals surface area contributed by atoms with Crippen molar-refractivity contribution in [2.45, 2.75) is 45.1 Å². The zero-order valence-corrected chi connectivity index (χ0v) is 19.7. The zero-order chi connectivity index (χ0) is 24.9. The Labute approximate surface area is 192 Å². The van der Waals surface area contributed by atoms with Crippen molar-refractivity contribution in [3.8, 4) is 11.3 Å². The van der Waals surface area contributed by atoms with Crippen molar-refractivity contribution in [3.05, 3.63) is 53.2 Å². The molecule has 180 valence electrons. The Bertz CT molecular complexity index is 1130. The highest BCUT2D eigenvalue weighted by molar-refractivity contribution is 7.92. The molecular weight excluding hydrogens is 453 g/mol. The van der Waals surface area contributed by atoms with Crippen molar-refractivity contribution < 1.29 is 32.9 Å². The summed E-state index contributed by atoms with van der Waals surface area (Å²) in [6.07, 6.45) is 0.703. The van der Waals surface area contributed by atoms with Crippen LogP contribution in [0.25, 0.3) is 11.3 Å². The topological polar surface area (TPSA) is 141 Å². The second kappa shape index (κ2) is 10.7. The minimum Gasteiger partial charge on any atom is -0.512 e. The Kier molecular flexibility index (Phi) is 8.51.